The second-order valence-electron chi connectivity index (χ2n) is 8.50. The van der Waals surface area contributed by atoms with Gasteiger partial charge >= 0.3 is 0 Å². The van der Waals surface area contributed by atoms with Gasteiger partial charge in [-0.15, -0.1) is 0 Å². The number of benzene rings is 1. The lowest BCUT2D eigenvalue weighted by Crippen LogP contribution is -2.38. The van der Waals surface area contributed by atoms with Gasteiger partial charge in [0.25, 0.3) is 0 Å². The molecular weight excluding hydrogens is 418 g/mol. The molecule has 3 rings (SSSR count). The summed E-state index contributed by atoms with van der Waals surface area (Å²) < 4.78 is 57.2. The fourth-order valence-electron chi connectivity index (χ4n) is 4.22. The van der Waals surface area contributed by atoms with Gasteiger partial charge in [0.2, 0.25) is 10.0 Å². The zero-order valence-corrected chi connectivity index (χ0v) is 18.8. The number of nitriles is 1. The van der Waals surface area contributed by atoms with Gasteiger partial charge in [-0.3, -0.25) is 0 Å². The molecule has 2 aliphatic rings. The van der Waals surface area contributed by atoms with Gasteiger partial charge < -0.3 is 0 Å². The van der Waals surface area contributed by atoms with Crippen molar-refractivity contribution in [3.8, 4) is 6.07 Å². The van der Waals surface area contributed by atoms with Gasteiger partial charge in [0.1, 0.15) is 17.7 Å². The predicted molar refractivity (Wildman–Crippen MR) is 117 cm³/mol. The number of allylic oxidation sites excluding steroid dienone is 6. The zero-order valence-electron chi connectivity index (χ0n) is 17.9. The molecule has 4 nitrogen and oxygen atoms in total. The third-order valence-corrected chi connectivity index (χ3v) is 8.16. The first-order valence-corrected chi connectivity index (χ1v) is 12.1. The van der Waals surface area contributed by atoms with E-state index in [9.17, 15) is 17.2 Å². The SMILES string of the molecule is CC1=CC=C(S(=O)(=O)N(Cc2cc(F)c(C#N)cc2F)CC2CCCCC2C)CC=C1. The molecule has 0 N–H and O–H groups in total. The average molecular weight is 447 g/mol. The summed E-state index contributed by atoms with van der Waals surface area (Å²) in [6, 6.07) is 3.38. The normalized spacial score (nSPS) is 21.9. The lowest BCUT2D eigenvalue weighted by atomic mass is 9.80. The minimum Gasteiger partial charge on any atom is -0.207 e. The molecule has 7 heteroatoms. The van der Waals surface area contributed by atoms with Crippen molar-refractivity contribution in [1.29, 1.82) is 5.26 Å². The molecule has 2 aliphatic carbocycles. The van der Waals surface area contributed by atoms with E-state index in [2.05, 4.69) is 6.92 Å². The van der Waals surface area contributed by atoms with Crippen LogP contribution in [0.3, 0.4) is 0 Å². The highest BCUT2D eigenvalue weighted by Crippen LogP contribution is 2.33. The van der Waals surface area contributed by atoms with E-state index in [1.165, 1.54) is 4.31 Å². The van der Waals surface area contributed by atoms with E-state index in [1.807, 2.05) is 13.0 Å². The number of hydrogen-bond acceptors (Lipinski definition) is 3. The molecule has 1 aromatic carbocycles. The molecule has 0 heterocycles. The quantitative estimate of drug-likeness (QED) is 0.573. The summed E-state index contributed by atoms with van der Waals surface area (Å²) in [5.74, 6) is -1.11. The molecule has 0 spiro atoms. The van der Waals surface area contributed by atoms with Crippen LogP contribution >= 0.6 is 0 Å². The van der Waals surface area contributed by atoms with E-state index in [0.717, 1.165) is 43.4 Å². The van der Waals surface area contributed by atoms with Gasteiger partial charge in [0.15, 0.2) is 0 Å². The molecule has 0 aromatic heterocycles. The van der Waals surface area contributed by atoms with Gasteiger partial charge in [-0.25, -0.2) is 17.2 Å². The second kappa shape index (κ2) is 9.88. The van der Waals surface area contributed by atoms with Crippen LogP contribution in [-0.2, 0) is 16.6 Å². The fourth-order valence-corrected chi connectivity index (χ4v) is 5.80. The molecule has 0 bridgehead atoms. The van der Waals surface area contributed by atoms with Crippen molar-refractivity contribution in [2.75, 3.05) is 6.54 Å². The molecule has 31 heavy (non-hydrogen) atoms. The summed E-state index contributed by atoms with van der Waals surface area (Å²) in [5, 5.41) is 8.93. The Morgan fingerprint density at radius 3 is 2.61 bits per heavy atom. The molecule has 1 saturated carbocycles. The minimum atomic E-state index is -3.89. The Bertz CT molecular complexity index is 1070. The third kappa shape index (κ3) is 5.50. The zero-order chi connectivity index (χ0) is 22.6. The van der Waals surface area contributed by atoms with Crippen molar-refractivity contribution in [2.45, 2.75) is 52.5 Å². The number of hydrogen-bond donors (Lipinski definition) is 0. The van der Waals surface area contributed by atoms with Crippen LogP contribution in [0, 0.1) is 34.8 Å². The molecular formula is C24H28F2N2O2S. The lowest BCUT2D eigenvalue weighted by molar-refractivity contribution is 0.208. The highest BCUT2D eigenvalue weighted by atomic mass is 32.2. The number of rotatable bonds is 6. The molecule has 0 saturated heterocycles. The molecule has 2 unspecified atom stereocenters. The number of nitrogens with zero attached hydrogens (tertiary/aromatic N) is 2. The third-order valence-electron chi connectivity index (χ3n) is 6.23. The van der Waals surface area contributed by atoms with Crippen molar-refractivity contribution >= 4 is 10.0 Å². The van der Waals surface area contributed by atoms with E-state index in [1.54, 1.807) is 24.3 Å². The van der Waals surface area contributed by atoms with Crippen molar-refractivity contribution in [2.24, 2.45) is 11.8 Å². The van der Waals surface area contributed by atoms with Crippen LogP contribution in [-0.4, -0.2) is 19.3 Å². The van der Waals surface area contributed by atoms with E-state index >= 15 is 0 Å². The van der Waals surface area contributed by atoms with Crippen molar-refractivity contribution in [3.63, 3.8) is 0 Å². The Kier molecular flexibility index (Phi) is 7.45. The smallest absolute Gasteiger partial charge is 0.207 e. The Labute approximate surface area is 183 Å². The summed E-state index contributed by atoms with van der Waals surface area (Å²) >= 11 is 0. The van der Waals surface area contributed by atoms with Crippen molar-refractivity contribution in [3.05, 3.63) is 69.7 Å². The maximum atomic E-state index is 14.6. The Hall–Kier alpha value is -2.30. The first-order valence-electron chi connectivity index (χ1n) is 10.6. The molecule has 1 aromatic rings. The minimum absolute atomic E-state index is 0.0694. The van der Waals surface area contributed by atoms with Gasteiger partial charge in [-0.1, -0.05) is 50.0 Å². The van der Waals surface area contributed by atoms with Crippen LogP contribution in [0.5, 0.6) is 0 Å². The highest BCUT2D eigenvalue weighted by Gasteiger charge is 2.32. The summed E-state index contributed by atoms with van der Waals surface area (Å²) in [5.41, 5.74) is 0.478. The molecule has 0 amide bonds. The van der Waals surface area contributed by atoms with Gasteiger partial charge in [0.05, 0.1) is 10.5 Å². The van der Waals surface area contributed by atoms with Crippen LogP contribution in [0.1, 0.15) is 57.1 Å². The Morgan fingerprint density at radius 2 is 1.90 bits per heavy atom. The van der Waals surface area contributed by atoms with Crippen LogP contribution in [0.25, 0.3) is 0 Å². The van der Waals surface area contributed by atoms with E-state index in [4.69, 9.17) is 5.26 Å². The number of sulfonamides is 1. The van der Waals surface area contributed by atoms with Crippen LogP contribution in [0.4, 0.5) is 8.78 Å². The van der Waals surface area contributed by atoms with E-state index < -0.39 is 27.2 Å². The monoisotopic (exact) mass is 446 g/mol. The molecule has 1 fully saturated rings. The molecule has 0 radical (unpaired) electrons. The van der Waals surface area contributed by atoms with Crippen LogP contribution < -0.4 is 0 Å². The van der Waals surface area contributed by atoms with Gasteiger partial charge in [0, 0.05) is 25.1 Å². The maximum absolute atomic E-state index is 14.6. The second-order valence-corrected chi connectivity index (χ2v) is 10.5. The van der Waals surface area contributed by atoms with Gasteiger partial charge in [-0.05, 0) is 43.4 Å². The Morgan fingerprint density at radius 1 is 1.16 bits per heavy atom. The summed E-state index contributed by atoms with van der Waals surface area (Å²) in [4.78, 5) is 0.235. The topological polar surface area (TPSA) is 61.2 Å². The molecule has 2 atom stereocenters. The Balaban J connectivity index is 1.98. The van der Waals surface area contributed by atoms with E-state index in [0.29, 0.717) is 5.92 Å². The maximum Gasteiger partial charge on any atom is 0.239 e. The summed E-state index contributed by atoms with van der Waals surface area (Å²) in [6.07, 6.45) is 11.4. The van der Waals surface area contributed by atoms with Crippen LogP contribution in [0.2, 0.25) is 0 Å². The predicted octanol–water partition coefficient (Wildman–Crippen LogP) is 5.58. The van der Waals surface area contributed by atoms with Crippen molar-refractivity contribution < 1.29 is 17.2 Å². The standard InChI is InChI=1S/C24H28F2N2O2S/c1-17-6-5-9-22(11-10-17)31(29,30)28(15-19-8-4-3-7-18(19)2)16-21-13-23(25)20(14-27)12-24(21)26/h5-6,10-13,18-19H,3-4,7-9,15-16H2,1-2H3. The highest BCUT2D eigenvalue weighted by molar-refractivity contribution is 7.93. The molecule has 166 valence electrons. The largest absolute Gasteiger partial charge is 0.239 e. The van der Waals surface area contributed by atoms with Crippen LogP contribution in [0.15, 0.2) is 46.9 Å². The van der Waals surface area contributed by atoms with Crippen molar-refractivity contribution in [1.82, 2.24) is 4.31 Å². The fraction of sp³-hybridized carbons (Fsp3) is 0.458. The average Bonchev–Trinajstić information content (AvgIpc) is 2.96. The molecule has 0 aliphatic heterocycles. The van der Waals surface area contributed by atoms with E-state index in [-0.39, 0.29) is 35.9 Å². The summed E-state index contributed by atoms with van der Waals surface area (Å²) in [6.45, 7) is 3.99. The van der Waals surface area contributed by atoms with Gasteiger partial charge in [-0.2, -0.15) is 9.57 Å². The first kappa shape index (κ1) is 23.4. The summed E-state index contributed by atoms with van der Waals surface area (Å²) in [7, 11) is -3.89. The first-order chi connectivity index (χ1) is 14.7. The number of halogens is 2. The lowest BCUT2D eigenvalue weighted by Gasteiger charge is -2.34.